The van der Waals surface area contributed by atoms with Gasteiger partial charge in [0.15, 0.2) is 17.2 Å². The molecule has 30 heavy (non-hydrogen) atoms. The quantitative estimate of drug-likeness (QED) is 0.661. The number of rotatable bonds is 4. The van der Waals surface area contributed by atoms with Crippen molar-refractivity contribution in [1.29, 1.82) is 0 Å². The van der Waals surface area contributed by atoms with E-state index in [1.54, 1.807) is 10.7 Å². The van der Waals surface area contributed by atoms with Crippen LogP contribution < -0.4 is 4.74 Å². The number of hydrogen-bond donors (Lipinski definition) is 0. The van der Waals surface area contributed by atoms with Gasteiger partial charge in [0, 0.05) is 45.5 Å². The van der Waals surface area contributed by atoms with Gasteiger partial charge >= 0.3 is 0 Å². The molecule has 4 rings (SSSR count). The highest BCUT2D eigenvalue weighted by atomic mass is 19.1. The lowest BCUT2D eigenvalue weighted by Gasteiger charge is -2.35. The number of carbonyl (C=O) groups excluding carboxylic acids is 1. The standard InChI is InChI=1S/C22H26FN5O2/c1-14-11-17(20-15(2)25-26(3)21(20)24-14)22(29)28-9-7-27(8-10-28)13-16-5-6-19(30-4)18(23)12-16/h5-6,11-12H,7-10,13H2,1-4H3. The molecular formula is C22H26FN5O2. The summed E-state index contributed by atoms with van der Waals surface area (Å²) in [4.78, 5) is 21.9. The van der Waals surface area contributed by atoms with E-state index in [1.165, 1.54) is 13.2 Å². The fraction of sp³-hybridized carbons (Fsp3) is 0.409. The maximum atomic E-state index is 13.9. The number of nitrogens with zero attached hydrogens (tertiary/aromatic N) is 5. The molecule has 0 saturated carbocycles. The maximum Gasteiger partial charge on any atom is 0.254 e. The van der Waals surface area contributed by atoms with Crippen molar-refractivity contribution in [2.24, 2.45) is 7.05 Å². The zero-order valence-corrected chi connectivity index (χ0v) is 17.8. The third kappa shape index (κ3) is 3.75. The minimum absolute atomic E-state index is 0.0109. The van der Waals surface area contributed by atoms with Crippen molar-refractivity contribution in [3.8, 4) is 5.75 Å². The van der Waals surface area contributed by atoms with Crippen molar-refractivity contribution in [2.75, 3.05) is 33.3 Å². The first-order valence-electron chi connectivity index (χ1n) is 10.0. The molecule has 1 aliphatic heterocycles. The van der Waals surface area contributed by atoms with Crippen LogP contribution in [-0.2, 0) is 13.6 Å². The number of amides is 1. The predicted octanol–water partition coefficient (Wildman–Crippen LogP) is 2.69. The lowest BCUT2D eigenvalue weighted by atomic mass is 10.1. The first-order valence-corrected chi connectivity index (χ1v) is 10.0. The summed E-state index contributed by atoms with van der Waals surface area (Å²) in [5.74, 6) is -0.0942. The Labute approximate surface area is 175 Å². The summed E-state index contributed by atoms with van der Waals surface area (Å²) in [7, 11) is 3.30. The molecule has 0 atom stereocenters. The van der Waals surface area contributed by atoms with Crippen LogP contribution in [0.3, 0.4) is 0 Å². The number of pyridine rings is 1. The zero-order chi connectivity index (χ0) is 21.4. The summed E-state index contributed by atoms with van der Waals surface area (Å²) in [6.45, 7) is 7.16. The average molecular weight is 411 g/mol. The molecule has 7 nitrogen and oxygen atoms in total. The van der Waals surface area contributed by atoms with Crippen molar-refractivity contribution in [2.45, 2.75) is 20.4 Å². The highest BCUT2D eigenvalue weighted by Crippen LogP contribution is 2.24. The Morgan fingerprint density at radius 1 is 1.17 bits per heavy atom. The van der Waals surface area contributed by atoms with Crippen molar-refractivity contribution in [3.63, 3.8) is 0 Å². The number of methoxy groups -OCH3 is 1. The molecule has 1 saturated heterocycles. The van der Waals surface area contributed by atoms with Gasteiger partial charge in [0.1, 0.15) is 0 Å². The monoisotopic (exact) mass is 411 g/mol. The molecule has 0 spiro atoms. The summed E-state index contributed by atoms with van der Waals surface area (Å²) in [5, 5.41) is 5.26. The van der Waals surface area contributed by atoms with Crippen LogP contribution in [0.4, 0.5) is 4.39 Å². The van der Waals surface area contributed by atoms with Crippen LogP contribution in [0.25, 0.3) is 11.0 Å². The summed E-state index contributed by atoms with van der Waals surface area (Å²) in [5.41, 5.74) is 3.90. The minimum atomic E-state index is -0.354. The van der Waals surface area contributed by atoms with Crippen LogP contribution in [-0.4, -0.2) is 63.8 Å². The smallest absolute Gasteiger partial charge is 0.254 e. The molecule has 8 heteroatoms. The van der Waals surface area contributed by atoms with Crippen molar-refractivity contribution < 1.29 is 13.9 Å². The minimum Gasteiger partial charge on any atom is -0.494 e. The van der Waals surface area contributed by atoms with Gasteiger partial charge in [-0.1, -0.05) is 6.07 Å². The second kappa shape index (κ2) is 8.02. The molecule has 1 aromatic carbocycles. The van der Waals surface area contributed by atoms with Gasteiger partial charge in [-0.25, -0.2) is 9.37 Å². The Kier molecular flexibility index (Phi) is 5.42. The lowest BCUT2D eigenvalue weighted by molar-refractivity contribution is 0.0630. The predicted molar refractivity (Wildman–Crippen MR) is 112 cm³/mol. The van der Waals surface area contributed by atoms with Crippen LogP contribution in [0.2, 0.25) is 0 Å². The highest BCUT2D eigenvalue weighted by molar-refractivity contribution is 6.06. The van der Waals surface area contributed by atoms with E-state index in [1.807, 2.05) is 37.9 Å². The Morgan fingerprint density at radius 3 is 2.57 bits per heavy atom. The van der Waals surface area contributed by atoms with Gasteiger partial charge in [0.05, 0.1) is 23.8 Å². The maximum absolute atomic E-state index is 13.9. The lowest BCUT2D eigenvalue weighted by Crippen LogP contribution is -2.48. The third-order valence-electron chi connectivity index (χ3n) is 5.61. The summed E-state index contributed by atoms with van der Waals surface area (Å²) in [6, 6.07) is 6.89. The van der Waals surface area contributed by atoms with Gasteiger partial charge in [-0.05, 0) is 37.6 Å². The van der Waals surface area contributed by atoms with Crippen LogP contribution in [0, 0.1) is 19.7 Å². The second-order valence-electron chi connectivity index (χ2n) is 7.76. The molecule has 2 aromatic heterocycles. The molecule has 3 aromatic rings. The van der Waals surface area contributed by atoms with Crippen LogP contribution in [0.15, 0.2) is 24.3 Å². The molecule has 0 bridgehead atoms. The number of hydrogen-bond acceptors (Lipinski definition) is 5. The number of fused-ring (bicyclic) bond motifs is 1. The number of halogens is 1. The van der Waals surface area contributed by atoms with E-state index in [0.717, 1.165) is 41.1 Å². The number of aromatic nitrogens is 3. The SMILES string of the molecule is COc1ccc(CN2CCN(C(=O)c3cc(C)nc4c3c(C)nn4C)CC2)cc1F. The van der Waals surface area contributed by atoms with Crippen molar-refractivity contribution in [1.82, 2.24) is 24.6 Å². The number of benzene rings is 1. The highest BCUT2D eigenvalue weighted by Gasteiger charge is 2.26. The largest absolute Gasteiger partial charge is 0.494 e. The summed E-state index contributed by atoms with van der Waals surface area (Å²) in [6.07, 6.45) is 0. The van der Waals surface area contributed by atoms with Gasteiger partial charge in [-0.3, -0.25) is 14.4 Å². The zero-order valence-electron chi connectivity index (χ0n) is 17.8. The summed E-state index contributed by atoms with van der Waals surface area (Å²) < 4.78 is 20.6. The Hall–Kier alpha value is -3.00. The number of piperazine rings is 1. The van der Waals surface area contributed by atoms with Gasteiger partial charge < -0.3 is 9.64 Å². The molecule has 0 N–H and O–H groups in total. The Balaban J connectivity index is 1.46. The Morgan fingerprint density at radius 2 is 1.90 bits per heavy atom. The van der Waals surface area contributed by atoms with Gasteiger partial charge in [-0.2, -0.15) is 5.10 Å². The first kappa shape index (κ1) is 20.3. The molecule has 158 valence electrons. The molecule has 0 radical (unpaired) electrons. The van der Waals surface area contributed by atoms with E-state index in [4.69, 9.17) is 4.74 Å². The first-order chi connectivity index (χ1) is 14.4. The fourth-order valence-electron chi connectivity index (χ4n) is 4.08. The van der Waals surface area contributed by atoms with Crippen molar-refractivity contribution in [3.05, 3.63) is 52.6 Å². The third-order valence-corrected chi connectivity index (χ3v) is 5.61. The molecule has 1 amide bonds. The van der Waals surface area contributed by atoms with Gasteiger partial charge in [0.2, 0.25) is 0 Å². The van der Waals surface area contributed by atoms with E-state index < -0.39 is 0 Å². The topological polar surface area (TPSA) is 63.5 Å². The molecule has 0 aliphatic carbocycles. The van der Waals surface area contributed by atoms with Crippen molar-refractivity contribution >= 4 is 16.9 Å². The fourth-order valence-corrected chi connectivity index (χ4v) is 4.08. The Bertz CT molecular complexity index is 1100. The average Bonchev–Trinajstić information content (AvgIpc) is 3.01. The van der Waals surface area contributed by atoms with E-state index in [9.17, 15) is 9.18 Å². The molecule has 0 unspecified atom stereocenters. The normalized spacial score (nSPS) is 15.0. The molecule has 1 aliphatic rings. The van der Waals surface area contributed by atoms with Gasteiger partial charge in [-0.15, -0.1) is 0 Å². The molecule has 3 heterocycles. The summed E-state index contributed by atoms with van der Waals surface area (Å²) >= 11 is 0. The van der Waals surface area contributed by atoms with E-state index >= 15 is 0 Å². The molecular weight excluding hydrogens is 385 g/mol. The van der Waals surface area contributed by atoms with E-state index in [2.05, 4.69) is 15.0 Å². The van der Waals surface area contributed by atoms with Crippen LogP contribution in [0.5, 0.6) is 5.75 Å². The number of ether oxygens (including phenoxy) is 1. The van der Waals surface area contributed by atoms with E-state index in [0.29, 0.717) is 25.2 Å². The van der Waals surface area contributed by atoms with Gasteiger partial charge in [0.25, 0.3) is 5.91 Å². The van der Waals surface area contributed by atoms with Crippen LogP contribution in [0.1, 0.15) is 27.3 Å². The number of aryl methyl sites for hydroxylation is 3. The van der Waals surface area contributed by atoms with E-state index in [-0.39, 0.29) is 17.5 Å². The molecule has 1 fully saturated rings. The second-order valence-corrected chi connectivity index (χ2v) is 7.76. The number of carbonyl (C=O) groups is 1. The van der Waals surface area contributed by atoms with Crippen LogP contribution >= 0.6 is 0 Å².